The van der Waals surface area contributed by atoms with Crippen LogP contribution in [0.5, 0.6) is 0 Å². The summed E-state index contributed by atoms with van der Waals surface area (Å²) in [5.74, 6) is -1.07. The van der Waals surface area contributed by atoms with Gasteiger partial charge in [-0.2, -0.15) is 0 Å². The van der Waals surface area contributed by atoms with E-state index in [4.69, 9.17) is 0 Å². The molecule has 2 aromatic rings. The first-order valence-electron chi connectivity index (χ1n) is 8.54. The Hall–Kier alpha value is -2.82. The van der Waals surface area contributed by atoms with Crippen molar-refractivity contribution in [2.24, 2.45) is 0 Å². The van der Waals surface area contributed by atoms with Crippen LogP contribution in [0.1, 0.15) is 33.8 Å². The van der Waals surface area contributed by atoms with Gasteiger partial charge in [0.1, 0.15) is 0 Å². The highest BCUT2D eigenvalue weighted by molar-refractivity contribution is 6.02. The van der Waals surface area contributed by atoms with E-state index >= 15 is 0 Å². The molecule has 1 atom stereocenters. The molecule has 4 rings (SSSR count). The minimum absolute atomic E-state index is 0.0711. The van der Waals surface area contributed by atoms with Crippen LogP contribution in [0, 0.1) is 0 Å². The van der Waals surface area contributed by atoms with Crippen molar-refractivity contribution in [3.63, 3.8) is 0 Å². The van der Waals surface area contributed by atoms with Crippen LogP contribution in [0.4, 0.5) is 11.4 Å². The Bertz CT molecular complexity index is 862. The Morgan fingerprint density at radius 1 is 1.08 bits per heavy atom. The lowest BCUT2D eigenvalue weighted by molar-refractivity contribution is -0.120. The molecule has 25 heavy (non-hydrogen) atoms. The molecule has 0 saturated heterocycles. The zero-order valence-corrected chi connectivity index (χ0v) is 14.1. The Morgan fingerprint density at radius 3 is 2.68 bits per heavy atom. The summed E-state index contributed by atoms with van der Waals surface area (Å²) in [5.41, 5.74) is 4.18. The van der Waals surface area contributed by atoms with Crippen LogP contribution in [0.3, 0.4) is 0 Å². The fraction of sp³-hybridized carbons (Fsp3) is 0.300. The molecule has 0 bridgehead atoms. The molecule has 2 aliphatic heterocycles. The van der Waals surface area contributed by atoms with Gasteiger partial charge in [-0.25, -0.2) is 4.79 Å². The first-order chi connectivity index (χ1) is 12.1. The van der Waals surface area contributed by atoms with E-state index in [1.165, 1.54) is 0 Å². The van der Waals surface area contributed by atoms with Crippen LogP contribution in [0.15, 0.2) is 42.5 Å². The van der Waals surface area contributed by atoms with Gasteiger partial charge in [-0.1, -0.05) is 24.3 Å². The molecule has 0 fully saturated rings. The molecular formula is C20H20N2O3. The number of para-hydroxylation sites is 1. The summed E-state index contributed by atoms with van der Waals surface area (Å²) < 4.78 is 0. The highest BCUT2D eigenvalue weighted by atomic mass is 16.4. The van der Waals surface area contributed by atoms with E-state index in [1.807, 2.05) is 31.3 Å². The summed E-state index contributed by atoms with van der Waals surface area (Å²) in [5, 5.41) is 9.24. The van der Waals surface area contributed by atoms with E-state index in [9.17, 15) is 14.7 Å². The molecule has 128 valence electrons. The van der Waals surface area contributed by atoms with E-state index < -0.39 is 5.97 Å². The monoisotopic (exact) mass is 336 g/mol. The lowest BCUT2D eigenvalue weighted by Gasteiger charge is -2.34. The summed E-state index contributed by atoms with van der Waals surface area (Å²) >= 11 is 0. The van der Waals surface area contributed by atoms with Crippen molar-refractivity contribution in [2.45, 2.75) is 18.8 Å². The molecular weight excluding hydrogens is 316 g/mol. The average Bonchev–Trinajstić information content (AvgIpc) is 3.05. The molecule has 0 aliphatic carbocycles. The minimum Gasteiger partial charge on any atom is -0.478 e. The molecule has 1 unspecified atom stereocenters. The fourth-order valence-electron chi connectivity index (χ4n) is 3.91. The van der Waals surface area contributed by atoms with Gasteiger partial charge < -0.3 is 14.9 Å². The van der Waals surface area contributed by atoms with Crippen LogP contribution in [0.25, 0.3) is 0 Å². The summed E-state index contributed by atoms with van der Waals surface area (Å²) in [6, 6.07) is 13.1. The molecule has 5 heteroatoms. The van der Waals surface area contributed by atoms with E-state index in [-0.39, 0.29) is 17.4 Å². The number of amides is 1. The molecule has 1 amide bonds. The predicted octanol–water partition coefficient (Wildman–Crippen LogP) is 2.90. The maximum Gasteiger partial charge on any atom is 0.335 e. The number of carbonyl (C=O) groups excluding carboxylic acids is 1. The van der Waals surface area contributed by atoms with Crippen molar-refractivity contribution >= 4 is 23.3 Å². The molecule has 1 N–H and O–H groups in total. The van der Waals surface area contributed by atoms with Gasteiger partial charge in [-0.05, 0) is 42.2 Å². The molecule has 0 radical (unpaired) electrons. The number of hydrogen-bond acceptors (Lipinski definition) is 3. The Morgan fingerprint density at radius 2 is 1.88 bits per heavy atom. The highest BCUT2D eigenvalue weighted by Gasteiger charge is 2.35. The summed E-state index contributed by atoms with van der Waals surface area (Å²) in [7, 11) is 2.05. The van der Waals surface area contributed by atoms with Crippen LogP contribution >= 0.6 is 0 Å². The van der Waals surface area contributed by atoms with Crippen molar-refractivity contribution in [2.75, 3.05) is 29.9 Å². The van der Waals surface area contributed by atoms with E-state index in [1.54, 1.807) is 17.0 Å². The lowest BCUT2D eigenvalue weighted by atomic mass is 9.89. The summed E-state index contributed by atoms with van der Waals surface area (Å²) in [4.78, 5) is 28.5. The molecule has 2 aromatic carbocycles. The van der Waals surface area contributed by atoms with Crippen molar-refractivity contribution in [3.05, 3.63) is 59.2 Å². The summed E-state index contributed by atoms with van der Waals surface area (Å²) in [6.07, 6.45) is 1.55. The summed E-state index contributed by atoms with van der Waals surface area (Å²) in [6.45, 7) is 1.45. The second-order valence-corrected chi connectivity index (χ2v) is 6.71. The van der Waals surface area contributed by atoms with Gasteiger partial charge in [0.2, 0.25) is 5.91 Å². The zero-order chi connectivity index (χ0) is 17.6. The van der Waals surface area contributed by atoms with Gasteiger partial charge in [0.05, 0.1) is 11.5 Å². The third kappa shape index (κ3) is 2.56. The SMILES string of the molecule is CN1CCC(C(=O)N2CCc3ccc(C(=O)O)cc32)c2ccccc21. The number of carboxylic acid groups (broad SMARTS) is 1. The standard InChI is InChI=1S/C20H20N2O3/c1-21-10-9-16(15-4-2-3-5-17(15)21)19(23)22-11-8-13-6-7-14(20(24)25)12-18(13)22/h2-7,12,16H,8-11H2,1H3,(H,24,25). The number of benzene rings is 2. The van der Waals surface area contributed by atoms with Crippen molar-refractivity contribution in [1.29, 1.82) is 0 Å². The number of fused-ring (bicyclic) bond motifs is 2. The smallest absolute Gasteiger partial charge is 0.335 e. The quantitative estimate of drug-likeness (QED) is 0.916. The maximum atomic E-state index is 13.3. The van der Waals surface area contributed by atoms with Gasteiger partial charge in [-0.3, -0.25) is 4.79 Å². The van der Waals surface area contributed by atoms with Crippen LogP contribution < -0.4 is 9.80 Å². The van der Waals surface area contributed by atoms with Crippen molar-refractivity contribution in [3.8, 4) is 0 Å². The number of hydrogen-bond donors (Lipinski definition) is 1. The number of carbonyl (C=O) groups is 2. The molecule has 0 saturated carbocycles. The van der Waals surface area contributed by atoms with Gasteiger partial charge in [0.25, 0.3) is 0 Å². The van der Waals surface area contributed by atoms with Gasteiger partial charge in [0.15, 0.2) is 0 Å². The van der Waals surface area contributed by atoms with Crippen molar-refractivity contribution < 1.29 is 14.7 Å². The van der Waals surface area contributed by atoms with Crippen molar-refractivity contribution in [1.82, 2.24) is 0 Å². The second kappa shape index (κ2) is 5.92. The topological polar surface area (TPSA) is 60.9 Å². The number of nitrogens with zero attached hydrogens (tertiary/aromatic N) is 2. The van der Waals surface area contributed by atoms with Crippen LogP contribution in [-0.2, 0) is 11.2 Å². The van der Waals surface area contributed by atoms with E-state index in [0.29, 0.717) is 6.54 Å². The molecule has 2 heterocycles. The first-order valence-corrected chi connectivity index (χ1v) is 8.54. The van der Waals surface area contributed by atoms with Gasteiger partial charge in [0, 0.05) is 31.5 Å². The number of carboxylic acids is 1. The normalized spacial score (nSPS) is 18.7. The molecule has 2 aliphatic rings. The van der Waals surface area contributed by atoms with Crippen LogP contribution in [0.2, 0.25) is 0 Å². The Labute approximate surface area is 146 Å². The highest BCUT2D eigenvalue weighted by Crippen LogP contribution is 2.38. The third-order valence-electron chi connectivity index (χ3n) is 5.27. The van der Waals surface area contributed by atoms with E-state index in [2.05, 4.69) is 11.0 Å². The number of rotatable bonds is 2. The first kappa shape index (κ1) is 15.7. The third-order valence-corrected chi connectivity index (χ3v) is 5.27. The minimum atomic E-state index is -0.966. The number of aromatic carboxylic acids is 1. The second-order valence-electron chi connectivity index (χ2n) is 6.71. The lowest BCUT2D eigenvalue weighted by Crippen LogP contribution is -2.38. The fourth-order valence-corrected chi connectivity index (χ4v) is 3.91. The van der Waals surface area contributed by atoms with Gasteiger partial charge in [-0.15, -0.1) is 0 Å². The average molecular weight is 336 g/mol. The van der Waals surface area contributed by atoms with E-state index in [0.717, 1.165) is 41.9 Å². The van der Waals surface area contributed by atoms with Crippen LogP contribution in [-0.4, -0.2) is 37.1 Å². The molecule has 5 nitrogen and oxygen atoms in total. The zero-order valence-electron chi connectivity index (χ0n) is 14.1. The van der Waals surface area contributed by atoms with Gasteiger partial charge >= 0.3 is 5.97 Å². The maximum absolute atomic E-state index is 13.3. The predicted molar refractivity (Wildman–Crippen MR) is 96.5 cm³/mol. The Balaban J connectivity index is 1.69. The Kier molecular flexibility index (Phi) is 3.71. The largest absolute Gasteiger partial charge is 0.478 e. The number of anilines is 2. The molecule has 0 aromatic heterocycles. The molecule has 0 spiro atoms.